The van der Waals surface area contributed by atoms with Gasteiger partial charge >= 0.3 is 4.87 Å². The number of piperazine rings is 1. The number of H-pyrrole nitrogens is 1. The average molecular weight is 459 g/mol. The first-order valence-corrected chi connectivity index (χ1v) is 11.9. The first-order valence-electron chi connectivity index (χ1n) is 8.46. The lowest BCUT2D eigenvalue weighted by Crippen LogP contribution is -2.50. The molecule has 0 atom stereocenters. The molecule has 0 bridgehead atoms. The van der Waals surface area contributed by atoms with Crippen molar-refractivity contribution >= 4 is 44.7 Å². The Kier molecular flexibility index (Phi) is 6.12. The van der Waals surface area contributed by atoms with Crippen molar-refractivity contribution in [2.75, 3.05) is 32.4 Å². The van der Waals surface area contributed by atoms with Gasteiger partial charge in [0.25, 0.3) is 21.6 Å². The highest BCUT2D eigenvalue weighted by Gasteiger charge is 2.33. The Hall–Kier alpha value is -2.22. The Bertz CT molecular complexity index is 1120. The molecule has 1 saturated heterocycles. The van der Waals surface area contributed by atoms with E-state index in [9.17, 15) is 28.1 Å². The fourth-order valence-corrected chi connectivity index (χ4v) is 6.44. The van der Waals surface area contributed by atoms with Crippen molar-refractivity contribution in [1.29, 1.82) is 0 Å². The Morgan fingerprint density at radius 2 is 1.93 bits per heavy atom. The van der Waals surface area contributed by atoms with Crippen LogP contribution in [0.5, 0.6) is 0 Å². The molecule has 1 aromatic carbocycles. The van der Waals surface area contributed by atoms with Gasteiger partial charge in [-0.15, -0.1) is 11.8 Å². The van der Waals surface area contributed by atoms with E-state index in [1.54, 1.807) is 6.26 Å². The second kappa shape index (κ2) is 8.26. The molecular weight excluding hydrogens is 440 g/mol. The number of carbonyl (C=O) groups is 1. The van der Waals surface area contributed by atoms with Gasteiger partial charge in [0.15, 0.2) is 4.21 Å². The van der Waals surface area contributed by atoms with Crippen LogP contribution in [0.25, 0.3) is 0 Å². The van der Waals surface area contributed by atoms with Crippen LogP contribution in [-0.4, -0.2) is 65.9 Å². The smallest absolute Gasteiger partial charge is 0.305 e. The Morgan fingerprint density at radius 3 is 2.45 bits per heavy atom. The largest absolute Gasteiger partial charge is 0.336 e. The SMILES string of the molecule is CSc1ccc(C(=O)N2CCN(S(=O)(=O)c3sc(=O)[nH]c3C)CC2)cc1[N+](=O)[O-]. The Morgan fingerprint density at radius 1 is 1.28 bits per heavy atom. The highest BCUT2D eigenvalue weighted by Crippen LogP contribution is 2.29. The summed E-state index contributed by atoms with van der Waals surface area (Å²) >= 11 is 1.86. The Balaban J connectivity index is 1.75. The van der Waals surface area contributed by atoms with Crippen molar-refractivity contribution in [3.63, 3.8) is 0 Å². The number of nitro benzene ring substituents is 1. The van der Waals surface area contributed by atoms with Crippen molar-refractivity contribution in [2.24, 2.45) is 0 Å². The Labute approximate surface area is 174 Å². The van der Waals surface area contributed by atoms with Gasteiger partial charge in [0.1, 0.15) is 0 Å². The van der Waals surface area contributed by atoms with Crippen molar-refractivity contribution in [1.82, 2.24) is 14.2 Å². The molecule has 0 aliphatic carbocycles. The number of carbonyl (C=O) groups excluding carboxylic acids is 1. The molecule has 1 aliphatic rings. The lowest BCUT2D eigenvalue weighted by molar-refractivity contribution is -0.387. The molecule has 156 valence electrons. The molecule has 1 N–H and O–H groups in total. The van der Waals surface area contributed by atoms with Crippen LogP contribution in [0, 0.1) is 17.0 Å². The maximum Gasteiger partial charge on any atom is 0.305 e. The summed E-state index contributed by atoms with van der Waals surface area (Å²) < 4.78 is 26.7. The minimum Gasteiger partial charge on any atom is -0.336 e. The fraction of sp³-hybridized carbons (Fsp3) is 0.375. The number of hydrogen-bond donors (Lipinski definition) is 1. The van der Waals surface area contributed by atoms with Gasteiger partial charge in [0.2, 0.25) is 0 Å². The van der Waals surface area contributed by atoms with E-state index in [2.05, 4.69) is 4.98 Å². The maximum atomic E-state index is 12.8. The van der Waals surface area contributed by atoms with Crippen LogP contribution in [0.3, 0.4) is 0 Å². The molecule has 0 spiro atoms. The molecule has 29 heavy (non-hydrogen) atoms. The molecule has 0 radical (unpaired) electrons. The minimum atomic E-state index is -3.82. The number of nitrogens with zero attached hydrogens (tertiary/aromatic N) is 3. The number of nitrogens with one attached hydrogen (secondary N) is 1. The number of rotatable bonds is 5. The van der Waals surface area contributed by atoms with E-state index in [-0.39, 0.29) is 47.5 Å². The molecule has 10 nitrogen and oxygen atoms in total. The monoisotopic (exact) mass is 458 g/mol. The summed E-state index contributed by atoms with van der Waals surface area (Å²) in [6, 6.07) is 4.32. The normalized spacial score (nSPS) is 15.4. The number of aryl methyl sites for hydroxylation is 1. The summed E-state index contributed by atoms with van der Waals surface area (Å²) in [6.07, 6.45) is 1.71. The van der Waals surface area contributed by atoms with Crippen molar-refractivity contribution in [2.45, 2.75) is 16.0 Å². The molecular formula is C16H18N4O6S3. The van der Waals surface area contributed by atoms with Gasteiger partial charge in [-0.1, -0.05) is 11.3 Å². The lowest BCUT2D eigenvalue weighted by Gasteiger charge is -2.33. The second-order valence-electron chi connectivity index (χ2n) is 6.27. The van der Waals surface area contributed by atoms with Gasteiger partial charge in [-0.3, -0.25) is 19.7 Å². The van der Waals surface area contributed by atoms with Crippen LogP contribution in [0.4, 0.5) is 5.69 Å². The van der Waals surface area contributed by atoms with E-state index in [1.165, 1.54) is 46.1 Å². The minimum absolute atomic E-state index is 0.0226. The quantitative estimate of drug-likeness (QED) is 0.408. The summed E-state index contributed by atoms with van der Waals surface area (Å²) in [7, 11) is -3.82. The van der Waals surface area contributed by atoms with E-state index < -0.39 is 19.8 Å². The first-order chi connectivity index (χ1) is 13.6. The number of aromatic nitrogens is 1. The van der Waals surface area contributed by atoms with Gasteiger partial charge in [-0.2, -0.15) is 4.31 Å². The zero-order chi connectivity index (χ0) is 21.3. The standard InChI is InChI=1S/C16H18N4O6S3/c1-10-15(28-16(22)17-10)29(25,26)19-7-5-18(6-8-19)14(21)11-3-4-13(27-2)12(9-11)20(23)24/h3-4,9H,5-8H2,1-2H3,(H,17,22). The van der Waals surface area contributed by atoms with Crippen LogP contribution in [-0.2, 0) is 10.0 Å². The number of nitro groups is 1. The number of amides is 1. The van der Waals surface area contributed by atoms with E-state index >= 15 is 0 Å². The molecule has 1 aliphatic heterocycles. The molecule has 2 heterocycles. The molecule has 2 aromatic rings. The fourth-order valence-electron chi connectivity index (χ4n) is 3.03. The van der Waals surface area contributed by atoms with Gasteiger partial charge in [-0.25, -0.2) is 8.42 Å². The van der Waals surface area contributed by atoms with Crippen molar-refractivity contribution < 1.29 is 18.1 Å². The molecule has 1 fully saturated rings. The molecule has 1 aromatic heterocycles. The average Bonchev–Trinajstić information content (AvgIpc) is 3.05. The van der Waals surface area contributed by atoms with Crippen molar-refractivity contribution in [3.05, 3.63) is 49.2 Å². The molecule has 13 heteroatoms. The van der Waals surface area contributed by atoms with Crippen LogP contribution in [0.1, 0.15) is 16.1 Å². The van der Waals surface area contributed by atoms with Gasteiger partial charge in [-0.05, 0) is 25.3 Å². The van der Waals surface area contributed by atoms with Crippen LogP contribution >= 0.6 is 23.1 Å². The molecule has 1 amide bonds. The third kappa shape index (κ3) is 4.22. The van der Waals surface area contributed by atoms with E-state index in [0.717, 1.165) is 0 Å². The van der Waals surface area contributed by atoms with Crippen LogP contribution in [0.15, 0.2) is 32.1 Å². The summed E-state index contributed by atoms with van der Waals surface area (Å²) in [5, 5.41) is 11.2. The van der Waals surface area contributed by atoms with Crippen molar-refractivity contribution in [3.8, 4) is 0 Å². The molecule has 0 unspecified atom stereocenters. The predicted molar refractivity (Wildman–Crippen MR) is 109 cm³/mol. The van der Waals surface area contributed by atoms with E-state index in [0.29, 0.717) is 21.9 Å². The maximum absolute atomic E-state index is 12.8. The highest BCUT2D eigenvalue weighted by atomic mass is 32.2. The summed E-state index contributed by atoms with van der Waals surface area (Å²) in [5.74, 6) is -0.389. The topological polar surface area (TPSA) is 134 Å². The summed E-state index contributed by atoms with van der Waals surface area (Å²) in [5.41, 5.74) is 0.340. The van der Waals surface area contributed by atoms with Crippen LogP contribution in [0.2, 0.25) is 0 Å². The number of sulfonamides is 1. The second-order valence-corrected chi connectivity index (χ2v) is 10.2. The number of thiazole rings is 1. The molecule has 3 rings (SSSR count). The third-order valence-corrected chi connectivity index (χ3v) is 8.77. The van der Waals surface area contributed by atoms with Gasteiger partial charge in [0, 0.05) is 43.5 Å². The third-order valence-electron chi connectivity index (χ3n) is 4.50. The number of hydrogen-bond acceptors (Lipinski definition) is 8. The lowest BCUT2D eigenvalue weighted by atomic mass is 10.1. The van der Waals surface area contributed by atoms with Gasteiger partial charge < -0.3 is 9.88 Å². The highest BCUT2D eigenvalue weighted by molar-refractivity contribution is 7.98. The van der Waals surface area contributed by atoms with Crippen LogP contribution < -0.4 is 4.87 Å². The zero-order valence-electron chi connectivity index (χ0n) is 15.6. The first kappa shape index (κ1) is 21.5. The van der Waals surface area contributed by atoms with E-state index in [1.807, 2.05) is 0 Å². The summed E-state index contributed by atoms with van der Waals surface area (Å²) in [6.45, 7) is 1.97. The van der Waals surface area contributed by atoms with E-state index in [4.69, 9.17) is 0 Å². The molecule has 0 saturated carbocycles. The number of thioether (sulfide) groups is 1. The number of aromatic amines is 1. The zero-order valence-corrected chi connectivity index (χ0v) is 18.0. The predicted octanol–water partition coefficient (Wildman–Crippen LogP) is 1.52. The van der Waals surface area contributed by atoms with Gasteiger partial charge in [0.05, 0.1) is 9.82 Å². The summed E-state index contributed by atoms with van der Waals surface area (Å²) in [4.78, 5) is 38.8. The number of benzene rings is 1.